The summed E-state index contributed by atoms with van der Waals surface area (Å²) in [5, 5.41) is 3.69. The van der Waals surface area contributed by atoms with Crippen LogP contribution in [0.2, 0.25) is 10.0 Å². The van der Waals surface area contributed by atoms with E-state index in [1.807, 2.05) is 6.92 Å². The van der Waals surface area contributed by atoms with Gasteiger partial charge in [-0.3, -0.25) is 4.79 Å². The monoisotopic (exact) mass is 440 g/mol. The minimum absolute atomic E-state index is 0.0235. The molecule has 0 amide bonds. The van der Waals surface area contributed by atoms with Crippen LogP contribution in [0.3, 0.4) is 0 Å². The van der Waals surface area contributed by atoms with Crippen LogP contribution < -0.4 is 5.32 Å². The van der Waals surface area contributed by atoms with Crippen molar-refractivity contribution in [1.82, 2.24) is 4.31 Å². The molecule has 5 nitrogen and oxygen atoms in total. The molecule has 8 heteroatoms. The number of ketones is 1. The Bertz CT molecular complexity index is 979. The van der Waals surface area contributed by atoms with Crippen molar-refractivity contribution < 1.29 is 13.2 Å². The van der Waals surface area contributed by atoms with Gasteiger partial charge in [-0.05, 0) is 43.0 Å². The van der Waals surface area contributed by atoms with Crippen molar-refractivity contribution in [3.63, 3.8) is 0 Å². The van der Waals surface area contributed by atoms with Crippen molar-refractivity contribution in [3.8, 4) is 0 Å². The Hall–Kier alpha value is -1.60. The van der Waals surface area contributed by atoms with Gasteiger partial charge in [0, 0.05) is 18.7 Å². The number of sulfonamides is 1. The van der Waals surface area contributed by atoms with Crippen LogP contribution in [-0.2, 0) is 10.0 Å². The Morgan fingerprint density at radius 1 is 1.21 bits per heavy atom. The zero-order valence-corrected chi connectivity index (χ0v) is 17.8. The smallest absolute Gasteiger partial charge is 0.243 e. The third-order valence-corrected chi connectivity index (χ3v) is 7.48. The highest BCUT2D eigenvalue weighted by atomic mass is 35.5. The van der Waals surface area contributed by atoms with Gasteiger partial charge >= 0.3 is 0 Å². The molecule has 1 aliphatic rings. The molecule has 1 atom stereocenters. The number of hydrogen-bond donors (Lipinski definition) is 1. The second kappa shape index (κ2) is 8.82. The Kier molecular flexibility index (Phi) is 6.65. The highest BCUT2D eigenvalue weighted by Gasteiger charge is 2.29. The van der Waals surface area contributed by atoms with Crippen LogP contribution in [-0.4, -0.2) is 38.1 Å². The molecule has 28 heavy (non-hydrogen) atoms. The third kappa shape index (κ3) is 4.69. The topological polar surface area (TPSA) is 66.5 Å². The lowest BCUT2D eigenvalue weighted by atomic mass is 10.0. The van der Waals surface area contributed by atoms with E-state index in [1.54, 1.807) is 30.3 Å². The van der Waals surface area contributed by atoms with Gasteiger partial charge < -0.3 is 5.32 Å². The Morgan fingerprint density at radius 3 is 2.71 bits per heavy atom. The van der Waals surface area contributed by atoms with Crippen molar-refractivity contribution >= 4 is 44.7 Å². The first kappa shape index (κ1) is 21.1. The molecule has 1 unspecified atom stereocenters. The second-order valence-corrected chi connectivity index (χ2v) is 9.74. The van der Waals surface area contributed by atoms with Crippen LogP contribution >= 0.6 is 23.2 Å². The zero-order valence-electron chi connectivity index (χ0n) is 15.5. The Balaban J connectivity index is 1.75. The van der Waals surface area contributed by atoms with E-state index in [4.69, 9.17) is 23.2 Å². The number of rotatable bonds is 6. The number of nitrogens with zero attached hydrogens (tertiary/aromatic N) is 1. The van der Waals surface area contributed by atoms with Gasteiger partial charge in [0.25, 0.3) is 0 Å². The van der Waals surface area contributed by atoms with Crippen LogP contribution in [0.5, 0.6) is 0 Å². The fourth-order valence-electron chi connectivity index (χ4n) is 3.26. The van der Waals surface area contributed by atoms with Crippen LogP contribution in [0, 0.1) is 5.92 Å². The summed E-state index contributed by atoms with van der Waals surface area (Å²) in [4.78, 5) is 12.7. The zero-order chi connectivity index (χ0) is 20.3. The number of carbonyl (C=O) groups is 1. The molecule has 3 rings (SSSR count). The summed E-state index contributed by atoms with van der Waals surface area (Å²) in [6.07, 6.45) is 1.88. The average molecular weight is 441 g/mol. The first-order valence-electron chi connectivity index (χ1n) is 9.10. The molecule has 1 fully saturated rings. The van der Waals surface area contributed by atoms with E-state index in [0.29, 0.717) is 40.3 Å². The summed E-state index contributed by atoms with van der Waals surface area (Å²) in [5.41, 5.74) is 0.880. The van der Waals surface area contributed by atoms with Gasteiger partial charge in [-0.1, -0.05) is 48.3 Å². The number of carbonyl (C=O) groups excluding carboxylic acids is 1. The molecule has 0 saturated carbocycles. The molecule has 150 valence electrons. The van der Waals surface area contributed by atoms with E-state index in [-0.39, 0.29) is 17.2 Å². The standard InChI is InChI=1S/C20H22Cl2N2O3S/c1-14-5-4-10-24(13-14)28(26,27)16-7-2-6-15(11-16)19(25)12-23-18-9-3-8-17(21)20(18)22/h2-3,6-9,11,14,23H,4-5,10,12-13H2,1H3. The van der Waals surface area contributed by atoms with Crippen molar-refractivity contribution in [2.24, 2.45) is 5.92 Å². The van der Waals surface area contributed by atoms with E-state index >= 15 is 0 Å². The van der Waals surface area contributed by atoms with Gasteiger partial charge in [0.05, 0.1) is 27.2 Å². The van der Waals surface area contributed by atoms with Gasteiger partial charge in [-0.15, -0.1) is 0 Å². The molecule has 1 saturated heterocycles. The van der Waals surface area contributed by atoms with E-state index in [0.717, 1.165) is 12.8 Å². The minimum atomic E-state index is -3.61. The highest BCUT2D eigenvalue weighted by Crippen LogP contribution is 2.29. The van der Waals surface area contributed by atoms with Crippen LogP contribution in [0.15, 0.2) is 47.4 Å². The van der Waals surface area contributed by atoms with Crippen LogP contribution in [0.4, 0.5) is 5.69 Å². The van der Waals surface area contributed by atoms with Gasteiger partial charge in [-0.25, -0.2) is 8.42 Å². The van der Waals surface area contributed by atoms with Gasteiger partial charge in [0.2, 0.25) is 10.0 Å². The molecule has 0 radical (unpaired) electrons. The summed E-state index contributed by atoms with van der Waals surface area (Å²) in [6.45, 7) is 3.05. The lowest BCUT2D eigenvalue weighted by Crippen LogP contribution is -2.39. The Morgan fingerprint density at radius 2 is 1.96 bits per heavy atom. The number of Topliss-reactive ketones (excluding diaryl/α,β-unsaturated/α-hetero) is 1. The summed E-state index contributed by atoms with van der Waals surface area (Å²) < 4.78 is 27.4. The van der Waals surface area contributed by atoms with Gasteiger partial charge in [0.15, 0.2) is 5.78 Å². The van der Waals surface area contributed by atoms with Crippen molar-refractivity contribution in [1.29, 1.82) is 0 Å². The van der Waals surface area contributed by atoms with Crippen molar-refractivity contribution in [2.45, 2.75) is 24.7 Å². The number of anilines is 1. The quantitative estimate of drug-likeness (QED) is 0.660. The molecule has 1 heterocycles. The fraction of sp³-hybridized carbons (Fsp3) is 0.350. The van der Waals surface area contributed by atoms with E-state index in [2.05, 4.69) is 5.32 Å². The third-order valence-electron chi connectivity index (χ3n) is 4.80. The maximum atomic E-state index is 12.9. The number of halogens is 2. The number of piperidine rings is 1. The predicted molar refractivity (Wildman–Crippen MR) is 113 cm³/mol. The molecule has 1 N–H and O–H groups in total. The summed E-state index contributed by atoms with van der Waals surface area (Å²) in [5.74, 6) is 0.0973. The van der Waals surface area contributed by atoms with E-state index in [1.165, 1.54) is 16.4 Å². The maximum absolute atomic E-state index is 12.9. The first-order valence-corrected chi connectivity index (χ1v) is 11.3. The Labute approximate surface area is 175 Å². The van der Waals surface area contributed by atoms with Crippen molar-refractivity contribution in [3.05, 3.63) is 58.1 Å². The number of nitrogens with one attached hydrogen (secondary N) is 1. The fourth-order valence-corrected chi connectivity index (χ4v) is 5.27. The van der Waals surface area contributed by atoms with Gasteiger partial charge in [-0.2, -0.15) is 4.31 Å². The number of hydrogen-bond acceptors (Lipinski definition) is 4. The van der Waals surface area contributed by atoms with Crippen LogP contribution in [0.1, 0.15) is 30.1 Å². The highest BCUT2D eigenvalue weighted by molar-refractivity contribution is 7.89. The van der Waals surface area contributed by atoms with Gasteiger partial charge in [0.1, 0.15) is 0 Å². The van der Waals surface area contributed by atoms with Crippen LogP contribution in [0.25, 0.3) is 0 Å². The summed E-state index contributed by atoms with van der Waals surface area (Å²) >= 11 is 12.1. The summed E-state index contributed by atoms with van der Waals surface area (Å²) in [7, 11) is -3.61. The molecule has 0 aliphatic carbocycles. The normalized spacial score (nSPS) is 18.0. The average Bonchev–Trinajstić information content (AvgIpc) is 2.69. The SMILES string of the molecule is CC1CCCN(S(=O)(=O)c2cccc(C(=O)CNc3cccc(Cl)c3Cl)c2)C1. The minimum Gasteiger partial charge on any atom is -0.376 e. The lowest BCUT2D eigenvalue weighted by molar-refractivity contribution is 0.101. The molecule has 1 aliphatic heterocycles. The predicted octanol–water partition coefficient (Wildman–Crippen LogP) is 4.71. The molecule has 2 aromatic rings. The van der Waals surface area contributed by atoms with E-state index < -0.39 is 10.0 Å². The second-order valence-electron chi connectivity index (χ2n) is 7.02. The molecule has 0 spiro atoms. The molecular formula is C20H22Cl2N2O3S. The molecule has 2 aromatic carbocycles. The van der Waals surface area contributed by atoms with Crippen molar-refractivity contribution in [2.75, 3.05) is 25.0 Å². The van der Waals surface area contributed by atoms with E-state index in [9.17, 15) is 13.2 Å². The maximum Gasteiger partial charge on any atom is 0.243 e. The molecule has 0 aromatic heterocycles. The molecular weight excluding hydrogens is 419 g/mol. The first-order chi connectivity index (χ1) is 13.3. The molecule has 0 bridgehead atoms. The largest absolute Gasteiger partial charge is 0.376 e. The number of benzene rings is 2. The lowest BCUT2D eigenvalue weighted by Gasteiger charge is -2.30. The summed E-state index contributed by atoms with van der Waals surface area (Å²) in [6, 6.07) is 11.3.